The van der Waals surface area contributed by atoms with Gasteiger partial charge in [0, 0.05) is 39.6 Å². The lowest BCUT2D eigenvalue weighted by molar-refractivity contribution is 0.0302. The van der Waals surface area contributed by atoms with Crippen LogP contribution in [0.1, 0.15) is 31.5 Å². The molecule has 8 heteroatoms. The Bertz CT molecular complexity index is 565. The summed E-state index contributed by atoms with van der Waals surface area (Å²) >= 11 is 1.64. The summed E-state index contributed by atoms with van der Waals surface area (Å²) in [5, 5.41) is 6.35. The van der Waals surface area contributed by atoms with E-state index in [0.29, 0.717) is 19.6 Å². The Morgan fingerprint density at radius 3 is 2.54 bits per heavy atom. The van der Waals surface area contributed by atoms with Crippen LogP contribution in [0.15, 0.2) is 10.4 Å². The van der Waals surface area contributed by atoms with E-state index in [1.54, 1.807) is 30.3 Å². The molecule has 0 atom stereocenters. The molecule has 136 valence electrons. The predicted molar refractivity (Wildman–Crippen MR) is 98.5 cm³/mol. The van der Waals surface area contributed by atoms with Crippen LogP contribution < -0.4 is 5.32 Å². The van der Waals surface area contributed by atoms with Crippen LogP contribution in [0.25, 0.3) is 0 Å². The number of guanidine groups is 1. The molecule has 7 nitrogen and oxygen atoms in total. The van der Waals surface area contributed by atoms with Crippen molar-refractivity contribution in [1.82, 2.24) is 20.1 Å². The minimum absolute atomic E-state index is 0.328. The number of thiazole rings is 1. The van der Waals surface area contributed by atoms with E-state index in [0.717, 1.165) is 16.7 Å². The second kappa shape index (κ2) is 8.86. The molecule has 0 aliphatic carbocycles. The van der Waals surface area contributed by atoms with Crippen molar-refractivity contribution >= 4 is 23.4 Å². The van der Waals surface area contributed by atoms with Crippen LogP contribution >= 0.6 is 11.3 Å². The number of rotatable bonds is 5. The van der Waals surface area contributed by atoms with Gasteiger partial charge in [-0.15, -0.1) is 11.3 Å². The van der Waals surface area contributed by atoms with Gasteiger partial charge in [0.2, 0.25) is 0 Å². The number of amides is 1. The number of nitrogens with zero attached hydrogens (tertiary/aromatic N) is 4. The summed E-state index contributed by atoms with van der Waals surface area (Å²) in [7, 11) is 5.42. The van der Waals surface area contributed by atoms with E-state index in [1.807, 2.05) is 39.6 Å². The van der Waals surface area contributed by atoms with Gasteiger partial charge in [0.05, 0.1) is 17.2 Å². The molecule has 0 radical (unpaired) electrons. The van der Waals surface area contributed by atoms with Gasteiger partial charge >= 0.3 is 6.09 Å². The van der Waals surface area contributed by atoms with Gasteiger partial charge < -0.3 is 19.9 Å². The van der Waals surface area contributed by atoms with Crippen molar-refractivity contribution < 1.29 is 9.53 Å². The second-order valence-electron chi connectivity index (χ2n) is 6.59. The third-order valence-electron chi connectivity index (χ3n) is 3.07. The van der Waals surface area contributed by atoms with Crippen molar-refractivity contribution in [2.45, 2.75) is 39.8 Å². The lowest BCUT2D eigenvalue weighted by atomic mass is 10.2. The Morgan fingerprint density at radius 2 is 2.04 bits per heavy atom. The zero-order valence-electron chi connectivity index (χ0n) is 15.7. The van der Waals surface area contributed by atoms with Crippen LogP contribution in [0.3, 0.4) is 0 Å². The first kappa shape index (κ1) is 20.2. The monoisotopic (exact) mass is 355 g/mol. The van der Waals surface area contributed by atoms with Gasteiger partial charge in [0.1, 0.15) is 5.60 Å². The topological polar surface area (TPSA) is 70.1 Å². The minimum Gasteiger partial charge on any atom is -0.444 e. The zero-order chi connectivity index (χ0) is 18.3. The van der Waals surface area contributed by atoms with E-state index in [1.165, 1.54) is 0 Å². The highest BCUT2D eigenvalue weighted by molar-refractivity contribution is 7.09. The summed E-state index contributed by atoms with van der Waals surface area (Å²) in [4.78, 5) is 24.2. The fourth-order valence-electron chi connectivity index (χ4n) is 1.95. The van der Waals surface area contributed by atoms with Crippen molar-refractivity contribution in [2.75, 3.05) is 34.2 Å². The summed E-state index contributed by atoms with van der Waals surface area (Å²) in [6.45, 7) is 9.36. The second-order valence-corrected chi connectivity index (χ2v) is 7.65. The Hall–Kier alpha value is -1.83. The maximum Gasteiger partial charge on any atom is 0.410 e. The average Bonchev–Trinajstić information content (AvgIpc) is 2.86. The molecule has 1 aromatic rings. The summed E-state index contributed by atoms with van der Waals surface area (Å²) in [6.07, 6.45) is -0.328. The third kappa shape index (κ3) is 7.16. The lowest BCUT2D eigenvalue weighted by Gasteiger charge is -2.26. The number of carbonyl (C=O) groups excluding carboxylic acids is 1. The summed E-state index contributed by atoms with van der Waals surface area (Å²) in [6, 6.07) is 0. The predicted octanol–water partition coefficient (Wildman–Crippen LogP) is 2.33. The highest BCUT2D eigenvalue weighted by Gasteiger charge is 2.19. The van der Waals surface area contributed by atoms with E-state index in [9.17, 15) is 4.79 Å². The zero-order valence-corrected chi connectivity index (χ0v) is 16.5. The molecule has 0 saturated heterocycles. The van der Waals surface area contributed by atoms with Gasteiger partial charge in [-0.25, -0.2) is 9.78 Å². The first-order valence-corrected chi connectivity index (χ1v) is 8.77. The maximum atomic E-state index is 11.9. The Balaban J connectivity index is 2.42. The number of carbonyl (C=O) groups is 1. The molecule has 1 N–H and O–H groups in total. The summed E-state index contributed by atoms with van der Waals surface area (Å²) in [5.74, 6) is 0.762. The number of aliphatic imine (C=N–C) groups is 1. The number of likely N-dealkylation sites (N-methyl/N-ethyl adjacent to an activating group) is 1. The molecular weight excluding hydrogens is 326 g/mol. The average molecular weight is 356 g/mol. The minimum atomic E-state index is -0.485. The Kier molecular flexibility index (Phi) is 7.47. The van der Waals surface area contributed by atoms with Gasteiger partial charge in [0.25, 0.3) is 0 Å². The summed E-state index contributed by atoms with van der Waals surface area (Å²) < 4.78 is 5.32. The SMILES string of the molecule is CN=C(NCCN(C)C(=O)OC(C)(C)C)N(C)Cc1csc(C)n1. The van der Waals surface area contributed by atoms with Crippen LogP contribution in [0.4, 0.5) is 4.79 Å². The molecule has 0 aromatic carbocycles. The van der Waals surface area contributed by atoms with E-state index >= 15 is 0 Å². The van der Waals surface area contributed by atoms with E-state index in [2.05, 4.69) is 20.7 Å². The number of ether oxygens (including phenoxy) is 1. The van der Waals surface area contributed by atoms with Crippen molar-refractivity contribution in [1.29, 1.82) is 0 Å². The quantitative estimate of drug-likeness (QED) is 0.648. The highest BCUT2D eigenvalue weighted by atomic mass is 32.1. The number of nitrogens with one attached hydrogen (secondary N) is 1. The summed E-state index contributed by atoms with van der Waals surface area (Å²) in [5.41, 5.74) is 0.537. The van der Waals surface area contributed by atoms with Crippen LogP contribution in [-0.2, 0) is 11.3 Å². The van der Waals surface area contributed by atoms with Gasteiger partial charge in [-0.05, 0) is 27.7 Å². The molecule has 0 unspecified atom stereocenters. The van der Waals surface area contributed by atoms with Crippen molar-refractivity contribution in [3.05, 3.63) is 16.1 Å². The van der Waals surface area contributed by atoms with E-state index < -0.39 is 5.60 Å². The largest absolute Gasteiger partial charge is 0.444 e. The van der Waals surface area contributed by atoms with Gasteiger partial charge in [-0.1, -0.05) is 0 Å². The van der Waals surface area contributed by atoms with E-state index in [4.69, 9.17) is 4.74 Å². The molecule has 1 amide bonds. The molecule has 0 aliphatic rings. The first-order valence-electron chi connectivity index (χ1n) is 7.89. The van der Waals surface area contributed by atoms with Crippen molar-refractivity contribution in [3.63, 3.8) is 0 Å². The van der Waals surface area contributed by atoms with Crippen LogP contribution in [0.2, 0.25) is 0 Å². The molecule has 0 aliphatic heterocycles. The highest BCUT2D eigenvalue weighted by Crippen LogP contribution is 2.10. The normalized spacial score (nSPS) is 12.0. The first-order chi connectivity index (χ1) is 11.1. The number of aromatic nitrogens is 1. The Labute approximate surface area is 148 Å². The molecule has 1 rings (SSSR count). The lowest BCUT2D eigenvalue weighted by Crippen LogP contribution is -2.43. The van der Waals surface area contributed by atoms with Crippen molar-refractivity contribution in [2.24, 2.45) is 4.99 Å². The van der Waals surface area contributed by atoms with Crippen LogP contribution in [0.5, 0.6) is 0 Å². The van der Waals surface area contributed by atoms with E-state index in [-0.39, 0.29) is 6.09 Å². The maximum absolute atomic E-state index is 11.9. The van der Waals surface area contributed by atoms with Crippen LogP contribution in [-0.4, -0.2) is 66.7 Å². The molecule has 0 saturated carbocycles. The van der Waals surface area contributed by atoms with Gasteiger partial charge in [-0.3, -0.25) is 4.99 Å². The smallest absolute Gasteiger partial charge is 0.410 e. The molecule has 1 heterocycles. The molecular formula is C16H29N5O2S. The molecule has 24 heavy (non-hydrogen) atoms. The van der Waals surface area contributed by atoms with Crippen molar-refractivity contribution in [3.8, 4) is 0 Å². The molecule has 0 bridgehead atoms. The van der Waals surface area contributed by atoms with Gasteiger partial charge in [0.15, 0.2) is 5.96 Å². The molecule has 1 aromatic heterocycles. The third-order valence-corrected chi connectivity index (χ3v) is 3.90. The Morgan fingerprint density at radius 1 is 1.38 bits per heavy atom. The number of hydrogen-bond donors (Lipinski definition) is 1. The van der Waals surface area contributed by atoms with Gasteiger partial charge in [-0.2, -0.15) is 0 Å². The number of aryl methyl sites for hydroxylation is 1. The fourth-order valence-corrected chi connectivity index (χ4v) is 2.55. The number of hydrogen-bond acceptors (Lipinski definition) is 5. The molecule has 0 fully saturated rings. The van der Waals surface area contributed by atoms with Crippen LogP contribution in [0, 0.1) is 6.92 Å². The molecule has 0 spiro atoms. The standard InChI is InChI=1S/C16H29N5O2S/c1-12-19-13(11-24-12)10-21(7)14(17-5)18-8-9-20(6)15(22)23-16(2,3)4/h11H,8-10H2,1-7H3,(H,17,18). The fraction of sp³-hybridized carbons (Fsp3) is 0.688.